The summed E-state index contributed by atoms with van der Waals surface area (Å²) in [5, 5.41) is 2.01. The van der Waals surface area contributed by atoms with E-state index in [4.69, 9.17) is 15.2 Å². The van der Waals surface area contributed by atoms with Gasteiger partial charge in [-0.2, -0.15) is 0 Å². The molecular formula is C8H11NO2S. The van der Waals surface area contributed by atoms with E-state index in [1.54, 1.807) is 11.3 Å². The smallest absolute Gasteiger partial charge is 0.193 e. The second-order valence-electron chi connectivity index (χ2n) is 2.77. The van der Waals surface area contributed by atoms with Gasteiger partial charge < -0.3 is 15.2 Å². The van der Waals surface area contributed by atoms with Crippen molar-refractivity contribution in [1.29, 1.82) is 0 Å². The Balaban J connectivity index is 1.99. The zero-order valence-electron chi connectivity index (χ0n) is 6.60. The van der Waals surface area contributed by atoms with Crippen molar-refractivity contribution in [2.75, 3.05) is 13.2 Å². The Bertz CT molecular complexity index is 229. The van der Waals surface area contributed by atoms with E-state index >= 15 is 0 Å². The lowest BCUT2D eigenvalue weighted by atomic mass is 10.3. The van der Waals surface area contributed by atoms with Gasteiger partial charge in [0.2, 0.25) is 0 Å². The van der Waals surface area contributed by atoms with E-state index in [1.807, 2.05) is 17.5 Å². The normalized spacial score (nSPS) is 30.4. The van der Waals surface area contributed by atoms with Crippen LogP contribution in [-0.2, 0) is 9.47 Å². The van der Waals surface area contributed by atoms with Crippen LogP contribution in [0.3, 0.4) is 0 Å². The molecule has 0 atom stereocenters. The van der Waals surface area contributed by atoms with E-state index in [1.165, 1.54) is 0 Å². The zero-order valence-corrected chi connectivity index (χ0v) is 7.42. The van der Waals surface area contributed by atoms with Crippen LogP contribution in [0.25, 0.3) is 0 Å². The molecule has 0 bridgehead atoms. The number of hydrogen-bond donors (Lipinski definition) is 1. The van der Waals surface area contributed by atoms with Crippen LogP contribution in [0.15, 0.2) is 17.5 Å². The van der Waals surface area contributed by atoms with Crippen molar-refractivity contribution in [1.82, 2.24) is 0 Å². The minimum absolute atomic E-state index is 0.0289. The second kappa shape index (κ2) is 3.53. The average Bonchev–Trinajstić information content (AvgIpc) is 2.58. The molecule has 4 heteroatoms. The van der Waals surface area contributed by atoms with Crippen molar-refractivity contribution in [3.63, 3.8) is 0 Å². The van der Waals surface area contributed by atoms with Crippen LogP contribution in [0.4, 0.5) is 0 Å². The number of thiophene rings is 1. The highest BCUT2D eigenvalue weighted by molar-refractivity contribution is 7.10. The second-order valence-corrected chi connectivity index (χ2v) is 3.75. The lowest BCUT2D eigenvalue weighted by molar-refractivity contribution is -0.188. The maximum atomic E-state index is 5.60. The summed E-state index contributed by atoms with van der Waals surface area (Å²) < 4.78 is 10.8. The predicted molar refractivity (Wildman–Crippen MR) is 46.9 cm³/mol. The third kappa shape index (κ3) is 1.67. The molecule has 2 heterocycles. The number of ether oxygens (including phenoxy) is 2. The van der Waals surface area contributed by atoms with E-state index in [0.717, 1.165) is 4.88 Å². The number of hydrogen-bond acceptors (Lipinski definition) is 4. The van der Waals surface area contributed by atoms with Crippen LogP contribution in [0, 0.1) is 0 Å². The van der Waals surface area contributed by atoms with Crippen molar-refractivity contribution in [3.05, 3.63) is 22.4 Å². The maximum Gasteiger partial charge on any atom is 0.193 e. The van der Waals surface area contributed by atoms with E-state index in [9.17, 15) is 0 Å². The first kappa shape index (κ1) is 8.19. The van der Waals surface area contributed by atoms with Gasteiger partial charge in [0.1, 0.15) is 0 Å². The van der Waals surface area contributed by atoms with Gasteiger partial charge in [-0.3, -0.25) is 0 Å². The molecule has 1 saturated heterocycles. The molecule has 0 radical (unpaired) electrons. The lowest BCUT2D eigenvalue weighted by Crippen LogP contribution is -2.37. The van der Waals surface area contributed by atoms with Gasteiger partial charge in [-0.25, -0.2) is 0 Å². The molecular weight excluding hydrogens is 174 g/mol. The van der Waals surface area contributed by atoms with Crippen LogP contribution in [-0.4, -0.2) is 19.3 Å². The van der Waals surface area contributed by atoms with Gasteiger partial charge in [-0.1, -0.05) is 6.07 Å². The summed E-state index contributed by atoms with van der Waals surface area (Å²) in [4.78, 5) is 1.11. The van der Waals surface area contributed by atoms with Gasteiger partial charge in [-0.15, -0.1) is 11.3 Å². The summed E-state index contributed by atoms with van der Waals surface area (Å²) in [5.41, 5.74) is 5.60. The Morgan fingerprint density at radius 1 is 1.42 bits per heavy atom. The molecule has 1 aliphatic rings. The van der Waals surface area contributed by atoms with E-state index in [0.29, 0.717) is 13.2 Å². The topological polar surface area (TPSA) is 44.5 Å². The lowest BCUT2D eigenvalue weighted by Gasteiger charge is -2.26. The number of nitrogens with two attached hydrogens (primary N) is 1. The highest BCUT2D eigenvalue weighted by Gasteiger charge is 2.21. The van der Waals surface area contributed by atoms with Crippen LogP contribution in [0.1, 0.15) is 11.2 Å². The summed E-state index contributed by atoms with van der Waals surface area (Å²) in [6.07, 6.45) is -0.190. The van der Waals surface area contributed by atoms with E-state index in [2.05, 4.69) is 0 Å². The minimum Gasteiger partial charge on any atom is -0.346 e. The van der Waals surface area contributed by atoms with E-state index in [-0.39, 0.29) is 12.3 Å². The Morgan fingerprint density at radius 2 is 2.17 bits per heavy atom. The monoisotopic (exact) mass is 185 g/mol. The quantitative estimate of drug-likeness (QED) is 0.713. The van der Waals surface area contributed by atoms with Crippen molar-refractivity contribution in [2.24, 2.45) is 5.73 Å². The Morgan fingerprint density at radius 3 is 2.75 bits per heavy atom. The van der Waals surface area contributed by atoms with Gasteiger partial charge in [0.25, 0.3) is 0 Å². The Kier molecular flexibility index (Phi) is 2.41. The van der Waals surface area contributed by atoms with Gasteiger partial charge in [0.05, 0.1) is 24.1 Å². The van der Waals surface area contributed by atoms with Crippen molar-refractivity contribution in [2.45, 2.75) is 12.3 Å². The van der Waals surface area contributed by atoms with Gasteiger partial charge in [0, 0.05) is 0 Å². The third-order valence-electron chi connectivity index (χ3n) is 1.70. The first-order valence-corrected chi connectivity index (χ1v) is 4.76. The SMILES string of the molecule is NC1COC(c2cccs2)OC1. The van der Waals surface area contributed by atoms with Crippen LogP contribution >= 0.6 is 11.3 Å². The average molecular weight is 185 g/mol. The summed E-state index contributed by atoms with van der Waals surface area (Å²) in [6, 6.07) is 4.02. The first-order chi connectivity index (χ1) is 5.86. The highest BCUT2D eigenvalue weighted by atomic mass is 32.1. The Labute approximate surface area is 75.1 Å². The van der Waals surface area contributed by atoms with Crippen molar-refractivity contribution >= 4 is 11.3 Å². The maximum absolute atomic E-state index is 5.60. The molecule has 0 amide bonds. The third-order valence-corrected chi connectivity index (χ3v) is 2.59. The molecule has 66 valence electrons. The summed E-state index contributed by atoms with van der Waals surface area (Å²) in [6.45, 7) is 1.17. The molecule has 0 aromatic carbocycles. The van der Waals surface area contributed by atoms with Gasteiger partial charge >= 0.3 is 0 Å². The summed E-state index contributed by atoms with van der Waals surface area (Å²) in [5.74, 6) is 0. The molecule has 1 aliphatic heterocycles. The molecule has 12 heavy (non-hydrogen) atoms. The number of rotatable bonds is 1. The highest BCUT2D eigenvalue weighted by Crippen LogP contribution is 2.25. The molecule has 1 aromatic heterocycles. The largest absolute Gasteiger partial charge is 0.346 e. The van der Waals surface area contributed by atoms with Crippen LogP contribution in [0.5, 0.6) is 0 Å². The molecule has 3 nitrogen and oxygen atoms in total. The molecule has 0 unspecified atom stereocenters. The van der Waals surface area contributed by atoms with Gasteiger partial charge in [-0.05, 0) is 11.4 Å². The van der Waals surface area contributed by atoms with Crippen LogP contribution < -0.4 is 5.73 Å². The molecule has 0 spiro atoms. The molecule has 2 rings (SSSR count). The summed E-state index contributed by atoms with van der Waals surface area (Å²) in [7, 11) is 0. The molecule has 2 N–H and O–H groups in total. The first-order valence-electron chi connectivity index (χ1n) is 3.88. The minimum atomic E-state index is -0.190. The zero-order chi connectivity index (χ0) is 8.39. The fraction of sp³-hybridized carbons (Fsp3) is 0.500. The van der Waals surface area contributed by atoms with Crippen molar-refractivity contribution < 1.29 is 9.47 Å². The van der Waals surface area contributed by atoms with E-state index < -0.39 is 0 Å². The molecule has 1 aromatic rings. The molecule has 1 fully saturated rings. The van der Waals surface area contributed by atoms with Crippen molar-refractivity contribution in [3.8, 4) is 0 Å². The van der Waals surface area contributed by atoms with Crippen LogP contribution in [0.2, 0.25) is 0 Å². The predicted octanol–water partition coefficient (Wildman–Crippen LogP) is 1.12. The fourth-order valence-electron chi connectivity index (χ4n) is 1.11. The molecule has 0 aliphatic carbocycles. The molecule has 0 saturated carbocycles. The Hall–Kier alpha value is -0.420. The van der Waals surface area contributed by atoms with Gasteiger partial charge in [0.15, 0.2) is 6.29 Å². The summed E-state index contributed by atoms with van der Waals surface area (Å²) >= 11 is 1.64. The standard InChI is InChI=1S/C8H11NO2S/c9-6-4-10-8(11-5-6)7-2-1-3-12-7/h1-3,6,8H,4-5,9H2. The fourth-order valence-corrected chi connectivity index (χ4v) is 1.83.